The van der Waals surface area contributed by atoms with Crippen LogP contribution in [-0.2, 0) is 6.18 Å². The smallest absolute Gasteiger partial charge is 0.391 e. The molecular weight excluding hydrogens is 257 g/mol. The quantitative estimate of drug-likeness (QED) is 0.853. The van der Waals surface area contributed by atoms with Gasteiger partial charge in [0.25, 0.3) is 0 Å². The van der Waals surface area contributed by atoms with Gasteiger partial charge in [-0.05, 0) is 31.0 Å². The molecule has 0 aliphatic carbocycles. The number of β-amino-alcohol motifs (C(OH)–C–C–N with tert-alkyl or cyclic N) is 1. The highest BCUT2D eigenvalue weighted by Gasteiger charge is 2.34. The molecule has 1 aromatic carbocycles. The van der Waals surface area contributed by atoms with Gasteiger partial charge in [0.1, 0.15) is 0 Å². The van der Waals surface area contributed by atoms with Crippen LogP contribution < -0.4 is 4.90 Å². The predicted molar refractivity (Wildman–Crippen MR) is 63.6 cm³/mol. The number of halogens is 3. The molecule has 3 nitrogen and oxygen atoms in total. The first kappa shape index (κ1) is 13.7. The molecule has 0 amide bonds. The van der Waals surface area contributed by atoms with Crippen LogP contribution in [-0.4, -0.2) is 24.3 Å². The van der Waals surface area contributed by atoms with Crippen LogP contribution in [0.4, 0.5) is 18.9 Å². The summed E-state index contributed by atoms with van der Waals surface area (Å²) in [5.74, 6) is 0. The van der Waals surface area contributed by atoms with Gasteiger partial charge in [0, 0.05) is 18.8 Å². The highest BCUT2D eigenvalue weighted by atomic mass is 19.4. The van der Waals surface area contributed by atoms with Crippen molar-refractivity contribution in [2.24, 2.45) is 0 Å². The zero-order valence-corrected chi connectivity index (χ0v) is 10.1. The van der Waals surface area contributed by atoms with Crippen molar-refractivity contribution in [1.29, 1.82) is 5.26 Å². The molecule has 1 N–H and O–H groups in total. The second kappa shape index (κ2) is 5.10. The fourth-order valence-corrected chi connectivity index (χ4v) is 2.26. The lowest BCUT2D eigenvalue weighted by molar-refractivity contribution is -0.137. The number of hydrogen-bond donors (Lipinski definition) is 1. The molecule has 2 rings (SSSR count). The predicted octanol–water partition coefficient (Wildman–Crippen LogP) is 2.54. The Morgan fingerprint density at radius 1 is 1.37 bits per heavy atom. The number of piperidine rings is 1. The van der Waals surface area contributed by atoms with Crippen LogP contribution in [0.15, 0.2) is 18.2 Å². The van der Waals surface area contributed by atoms with Crippen LogP contribution >= 0.6 is 0 Å². The van der Waals surface area contributed by atoms with Crippen molar-refractivity contribution in [2.45, 2.75) is 25.1 Å². The molecule has 1 aliphatic rings. The number of nitriles is 1. The lowest BCUT2D eigenvalue weighted by atomic mass is 10.0. The van der Waals surface area contributed by atoms with Crippen molar-refractivity contribution >= 4 is 5.69 Å². The number of hydrogen-bond acceptors (Lipinski definition) is 3. The standard InChI is InChI=1S/C13H13F3N2O/c14-13(15,16)12-4-3-10(6-9(12)7-17)18-5-1-2-11(19)8-18/h3-4,6,11,19H,1-2,5,8H2. The number of anilines is 1. The first-order valence-corrected chi connectivity index (χ1v) is 5.96. The zero-order chi connectivity index (χ0) is 14.0. The lowest BCUT2D eigenvalue weighted by Crippen LogP contribution is -2.38. The lowest BCUT2D eigenvalue weighted by Gasteiger charge is -2.32. The van der Waals surface area contributed by atoms with Crippen molar-refractivity contribution in [2.75, 3.05) is 18.0 Å². The van der Waals surface area contributed by atoms with Gasteiger partial charge in [0.2, 0.25) is 0 Å². The summed E-state index contributed by atoms with van der Waals surface area (Å²) in [6.07, 6.45) is -3.52. The van der Waals surface area contributed by atoms with Gasteiger partial charge in [-0.2, -0.15) is 18.4 Å². The van der Waals surface area contributed by atoms with E-state index in [2.05, 4.69) is 0 Å². The summed E-state index contributed by atoms with van der Waals surface area (Å²) in [6, 6.07) is 5.09. The Bertz CT molecular complexity index is 508. The molecule has 1 unspecified atom stereocenters. The van der Waals surface area contributed by atoms with E-state index < -0.39 is 17.8 Å². The minimum absolute atomic E-state index is 0.384. The Balaban J connectivity index is 2.32. The Labute approximate surface area is 108 Å². The summed E-state index contributed by atoms with van der Waals surface area (Å²) in [7, 11) is 0. The molecule has 0 spiro atoms. The van der Waals surface area contributed by atoms with Crippen molar-refractivity contribution in [3.05, 3.63) is 29.3 Å². The molecule has 1 saturated heterocycles. The van der Waals surface area contributed by atoms with Crippen LogP contribution in [0.2, 0.25) is 0 Å². The highest BCUT2D eigenvalue weighted by molar-refractivity contribution is 5.55. The number of aliphatic hydroxyl groups is 1. The van der Waals surface area contributed by atoms with Crippen molar-refractivity contribution in [1.82, 2.24) is 0 Å². The maximum atomic E-state index is 12.7. The van der Waals surface area contributed by atoms with Crippen molar-refractivity contribution in [3.8, 4) is 6.07 Å². The maximum Gasteiger partial charge on any atom is 0.417 e. The number of aliphatic hydroxyl groups excluding tert-OH is 1. The molecule has 0 aromatic heterocycles. The SMILES string of the molecule is N#Cc1cc(N2CCCC(O)C2)ccc1C(F)(F)F. The third-order valence-corrected chi connectivity index (χ3v) is 3.19. The summed E-state index contributed by atoms with van der Waals surface area (Å²) in [4.78, 5) is 1.80. The molecule has 1 aliphatic heterocycles. The molecule has 1 heterocycles. The molecule has 6 heteroatoms. The van der Waals surface area contributed by atoms with E-state index >= 15 is 0 Å². The molecular formula is C13H13F3N2O. The van der Waals surface area contributed by atoms with E-state index in [1.807, 2.05) is 0 Å². The Kier molecular flexibility index (Phi) is 3.67. The van der Waals surface area contributed by atoms with E-state index in [4.69, 9.17) is 5.26 Å². The summed E-state index contributed by atoms with van der Waals surface area (Å²) in [5, 5.41) is 18.4. The van der Waals surface area contributed by atoms with Gasteiger partial charge in [0.15, 0.2) is 0 Å². The molecule has 102 valence electrons. The van der Waals surface area contributed by atoms with E-state index in [0.717, 1.165) is 12.5 Å². The minimum atomic E-state index is -4.52. The summed E-state index contributed by atoms with van der Waals surface area (Å²) in [5.41, 5.74) is -0.760. The summed E-state index contributed by atoms with van der Waals surface area (Å²) >= 11 is 0. The number of rotatable bonds is 1. The van der Waals surface area contributed by atoms with Crippen molar-refractivity contribution < 1.29 is 18.3 Å². The van der Waals surface area contributed by atoms with Gasteiger partial charge in [-0.25, -0.2) is 0 Å². The Morgan fingerprint density at radius 3 is 2.68 bits per heavy atom. The van der Waals surface area contributed by atoms with Gasteiger partial charge >= 0.3 is 6.18 Å². The second-order valence-electron chi connectivity index (χ2n) is 4.58. The highest BCUT2D eigenvalue weighted by Crippen LogP contribution is 2.34. The van der Waals surface area contributed by atoms with Crippen LogP contribution in [0.25, 0.3) is 0 Å². The molecule has 1 atom stereocenters. The van der Waals surface area contributed by atoms with E-state index in [-0.39, 0.29) is 5.56 Å². The average Bonchev–Trinajstić information content (AvgIpc) is 2.37. The van der Waals surface area contributed by atoms with Gasteiger partial charge < -0.3 is 10.0 Å². The Hall–Kier alpha value is -1.74. The van der Waals surface area contributed by atoms with E-state index in [1.165, 1.54) is 12.1 Å². The van der Waals surface area contributed by atoms with E-state index in [0.29, 0.717) is 25.2 Å². The molecule has 19 heavy (non-hydrogen) atoms. The number of benzene rings is 1. The fourth-order valence-electron chi connectivity index (χ4n) is 2.26. The third kappa shape index (κ3) is 2.99. The topological polar surface area (TPSA) is 47.3 Å². The fraction of sp³-hybridized carbons (Fsp3) is 0.462. The Morgan fingerprint density at radius 2 is 2.11 bits per heavy atom. The average molecular weight is 270 g/mol. The van der Waals surface area contributed by atoms with Gasteiger partial charge in [0.05, 0.1) is 23.3 Å². The van der Waals surface area contributed by atoms with Crippen LogP contribution in [0, 0.1) is 11.3 Å². The van der Waals surface area contributed by atoms with E-state index in [9.17, 15) is 18.3 Å². The third-order valence-electron chi connectivity index (χ3n) is 3.19. The largest absolute Gasteiger partial charge is 0.417 e. The van der Waals surface area contributed by atoms with E-state index in [1.54, 1.807) is 11.0 Å². The normalized spacial score (nSPS) is 20.2. The summed E-state index contributed by atoms with van der Waals surface area (Å²) < 4.78 is 38.0. The van der Waals surface area contributed by atoms with Crippen molar-refractivity contribution in [3.63, 3.8) is 0 Å². The molecule has 0 saturated carbocycles. The number of alkyl halides is 3. The van der Waals surface area contributed by atoms with Crippen LogP contribution in [0.5, 0.6) is 0 Å². The molecule has 0 radical (unpaired) electrons. The first-order chi connectivity index (χ1) is 8.91. The molecule has 0 bridgehead atoms. The summed E-state index contributed by atoms with van der Waals surface area (Å²) in [6.45, 7) is 1.06. The van der Waals surface area contributed by atoms with Gasteiger partial charge in [-0.15, -0.1) is 0 Å². The first-order valence-electron chi connectivity index (χ1n) is 5.96. The minimum Gasteiger partial charge on any atom is -0.391 e. The zero-order valence-electron chi connectivity index (χ0n) is 10.1. The molecule has 1 aromatic rings. The van der Waals surface area contributed by atoms with Gasteiger partial charge in [-0.1, -0.05) is 0 Å². The maximum absolute atomic E-state index is 12.7. The monoisotopic (exact) mass is 270 g/mol. The van der Waals surface area contributed by atoms with Gasteiger partial charge in [-0.3, -0.25) is 0 Å². The van der Waals surface area contributed by atoms with Crippen LogP contribution in [0.3, 0.4) is 0 Å². The van der Waals surface area contributed by atoms with Crippen LogP contribution in [0.1, 0.15) is 24.0 Å². The molecule has 1 fully saturated rings. The number of nitrogens with zero attached hydrogens (tertiary/aromatic N) is 2. The second-order valence-corrected chi connectivity index (χ2v) is 4.58.